The first-order valence-electron chi connectivity index (χ1n) is 8.85. The van der Waals surface area contributed by atoms with Crippen LogP contribution in [0.2, 0.25) is 0 Å². The number of aryl methyl sites for hydroxylation is 1. The number of aliphatic hydroxyl groups is 1. The van der Waals surface area contributed by atoms with Crippen LogP contribution < -0.4 is 4.74 Å². The van der Waals surface area contributed by atoms with E-state index in [2.05, 4.69) is 49.6 Å². The molecule has 0 amide bonds. The molecule has 23 heavy (non-hydrogen) atoms. The van der Waals surface area contributed by atoms with Crippen LogP contribution in [0.1, 0.15) is 37.8 Å². The Morgan fingerprint density at radius 2 is 1.78 bits per heavy atom. The summed E-state index contributed by atoms with van der Waals surface area (Å²) < 4.78 is 5.78. The van der Waals surface area contributed by atoms with Crippen LogP contribution in [0.5, 0.6) is 5.75 Å². The third-order valence-electron chi connectivity index (χ3n) is 4.69. The van der Waals surface area contributed by atoms with Crippen molar-refractivity contribution >= 4 is 0 Å². The van der Waals surface area contributed by atoms with Gasteiger partial charge in [0.25, 0.3) is 0 Å². The molecule has 0 bridgehead atoms. The van der Waals surface area contributed by atoms with E-state index >= 15 is 0 Å². The molecular weight excluding hydrogens is 288 g/mol. The van der Waals surface area contributed by atoms with Crippen molar-refractivity contribution in [3.05, 3.63) is 29.3 Å². The highest BCUT2D eigenvalue weighted by Gasteiger charge is 2.18. The number of β-amino-alcohol motifs (C(OH)–C–C–N with tert-alkyl or cyclic N) is 1. The number of piperazine rings is 1. The monoisotopic (exact) mass is 320 g/mol. The molecular formula is C19H32N2O2. The summed E-state index contributed by atoms with van der Waals surface area (Å²) in [4.78, 5) is 4.77. The Morgan fingerprint density at radius 3 is 2.35 bits per heavy atom. The van der Waals surface area contributed by atoms with Gasteiger partial charge in [0.05, 0.1) is 0 Å². The maximum absolute atomic E-state index is 10.2. The maximum Gasteiger partial charge on any atom is 0.119 e. The van der Waals surface area contributed by atoms with Gasteiger partial charge >= 0.3 is 0 Å². The first-order chi connectivity index (χ1) is 11.0. The highest BCUT2D eigenvalue weighted by Crippen LogP contribution is 2.23. The fourth-order valence-electron chi connectivity index (χ4n) is 3.22. The lowest BCUT2D eigenvalue weighted by Crippen LogP contribution is -2.49. The van der Waals surface area contributed by atoms with Crippen LogP contribution >= 0.6 is 0 Å². The average molecular weight is 320 g/mol. The summed E-state index contributed by atoms with van der Waals surface area (Å²) in [5, 5.41) is 10.2. The van der Waals surface area contributed by atoms with Crippen molar-refractivity contribution in [2.75, 3.05) is 45.9 Å². The molecule has 1 aromatic rings. The van der Waals surface area contributed by atoms with Gasteiger partial charge in [0, 0.05) is 32.7 Å². The Morgan fingerprint density at radius 1 is 1.13 bits per heavy atom. The van der Waals surface area contributed by atoms with E-state index in [-0.39, 0.29) is 0 Å². The van der Waals surface area contributed by atoms with Crippen molar-refractivity contribution in [2.45, 2.75) is 39.7 Å². The van der Waals surface area contributed by atoms with E-state index in [0.29, 0.717) is 19.1 Å². The zero-order valence-corrected chi connectivity index (χ0v) is 15.1. The number of aliphatic hydroxyl groups excluding tert-OH is 1. The van der Waals surface area contributed by atoms with Crippen LogP contribution in [0.3, 0.4) is 0 Å². The number of likely N-dealkylation sites (N-methyl/N-ethyl adjacent to an activating group) is 1. The minimum absolute atomic E-state index is 0.356. The van der Waals surface area contributed by atoms with Gasteiger partial charge in [-0.1, -0.05) is 26.8 Å². The van der Waals surface area contributed by atoms with Crippen LogP contribution in [-0.4, -0.2) is 66.9 Å². The fraction of sp³-hybridized carbons (Fsp3) is 0.684. The smallest absolute Gasteiger partial charge is 0.119 e. The van der Waals surface area contributed by atoms with Gasteiger partial charge in [0.2, 0.25) is 0 Å². The molecule has 1 atom stereocenters. The van der Waals surface area contributed by atoms with Gasteiger partial charge in [-0.2, -0.15) is 0 Å². The summed E-state index contributed by atoms with van der Waals surface area (Å²) in [7, 11) is 0. The van der Waals surface area contributed by atoms with Crippen molar-refractivity contribution in [3.8, 4) is 5.75 Å². The number of hydrogen-bond donors (Lipinski definition) is 1. The second-order valence-corrected chi connectivity index (χ2v) is 6.87. The lowest BCUT2D eigenvalue weighted by Gasteiger charge is -2.34. The predicted molar refractivity (Wildman–Crippen MR) is 95.3 cm³/mol. The molecule has 1 aliphatic rings. The molecule has 0 spiro atoms. The number of rotatable bonds is 7. The molecule has 1 aromatic carbocycles. The van der Waals surface area contributed by atoms with Crippen molar-refractivity contribution in [1.29, 1.82) is 0 Å². The van der Waals surface area contributed by atoms with Crippen LogP contribution in [0, 0.1) is 6.92 Å². The largest absolute Gasteiger partial charge is 0.491 e. The zero-order chi connectivity index (χ0) is 16.8. The Kier molecular flexibility index (Phi) is 6.88. The molecule has 0 aliphatic carbocycles. The second-order valence-electron chi connectivity index (χ2n) is 6.87. The number of nitrogens with zero attached hydrogens (tertiary/aromatic N) is 2. The molecule has 130 valence electrons. The molecule has 0 saturated carbocycles. The molecule has 1 heterocycles. The van der Waals surface area contributed by atoms with Crippen molar-refractivity contribution in [2.24, 2.45) is 0 Å². The fourth-order valence-corrected chi connectivity index (χ4v) is 3.22. The van der Waals surface area contributed by atoms with E-state index in [4.69, 9.17) is 4.74 Å². The molecule has 4 heteroatoms. The van der Waals surface area contributed by atoms with Gasteiger partial charge in [-0.05, 0) is 42.6 Å². The van der Waals surface area contributed by atoms with Gasteiger partial charge in [0.15, 0.2) is 0 Å². The minimum atomic E-state index is -0.437. The number of benzene rings is 1. The van der Waals surface area contributed by atoms with Crippen LogP contribution in [0.4, 0.5) is 0 Å². The molecule has 2 rings (SSSR count). The second kappa shape index (κ2) is 8.67. The van der Waals surface area contributed by atoms with E-state index in [9.17, 15) is 5.11 Å². The highest BCUT2D eigenvalue weighted by atomic mass is 16.5. The lowest BCUT2D eigenvalue weighted by molar-refractivity contribution is 0.0471. The Bertz CT molecular complexity index is 482. The Labute approximate surface area is 141 Å². The summed E-state index contributed by atoms with van der Waals surface area (Å²) in [6.07, 6.45) is -0.437. The molecule has 1 aliphatic heterocycles. The summed E-state index contributed by atoms with van der Waals surface area (Å²) in [6, 6.07) is 6.21. The topological polar surface area (TPSA) is 35.9 Å². The van der Waals surface area contributed by atoms with E-state index < -0.39 is 6.10 Å². The lowest BCUT2D eigenvalue weighted by atomic mass is 9.98. The average Bonchev–Trinajstić information content (AvgIpc) is 2.53. The molecule has 1 N–H and O–H groups in total. The molecule has 0 unspecified atom stereocenters. The van der Waals surface area contributed by atoms with Crippen LogP contribution in [-0.2, 0) is 0 Å². The van der Waals surface area contributed by atoms with Crippen LogP contribution in [0.15, 0.2) is 18.2 Å². The van der Waals surface area contributed by atoms with E-state index in [1.54, 1.807) is 0 Å². The van der Waals surface area contributed by atoms with Crippen molar-refractivity contribution in [1.82, 2.24) is 9.80 Å². The van der Waals surface area contributed by atoms with Gasteiger partial charge in [-0.25, -0.2) is 0 Å². The van der Waals surface area contributed by atoms with Crippen molar-refractivity contribution in [3.63, 3.8) is 0 Å². The van der Waals surface area contributed by atoms with Gasteiger partial charge in [-0.3, -0.25) is 4.90 Å². The summed E-state index contributed by atoms with van der Waals surface area (Å²) >= 11 is 0. The van der Waals surface area contributed by atoms with E-state index in [1.807, 2.05) is 6.07 Å². The first-order valence-corrected chi connectivity index (χ1v) is 8.85. The Balaban J connectivity index is 1.76. The normalized spacial score (nSPS) is 18.3. The molecule has 1 saturated heterocycles. The highest BCUT2D eigenvalue weighted by molar-refractivity contribution is 5.36. The molecule has 1 fully saturated rings. The molecule has 4 nitrogen and oxygen atoms in total. The first kappa shape index (κ1) is 18.2. The maximum atomic E-state index is 10.2. The standard InChI is InChI=1S/C19H32N2O2/c1-5-20-8-10-21(11-9-20)13-17(22)14-23-18-6-7-19(15(2)3)16(4)12-18/h6-7,12,15,17,22H,5,8-11,13-14H2,1-4H3/t17-/m1/s1. The number of hydrogen-bond acceptors (Lipinski definition) is 4. The van der Waals surface area contributed by atoms with Gasteiger partial charge < -0.3 is 14.7 Å². The summed E-state index contributed by atoms with van der Waals surface area (Å²) in [6.45, 7) is 15.1. The predicted octanol–water partition coefficient (Wildman–Crippen LogP) is 2.50. The van der Waals surface area contributed by atoms with Crippen LogP contribution in [0.25, 0.3) is 0 Å². The van der Waals surface area contributed by atoms with Gasteiger partial charge in [0.1, 0.15) is 18.5 Å². The number of ether oxygens (including phenoxy) is 1. The summed E-state index contributed by atoms with van der Waals surface area (Å²) in [5.74, 6) is 1.37. The van der Waals surface area contributed by atoms with E-state index in [1.165, 1.54) is 11.1 Å². The van der Waals surface area contributed by atoms with Gasteiger partial charge in [-0.15, -0.1) is 0 Å². The molecule has 0 aromatic heterocycles. The quantitative estimate of drug-likeness (QED) is 0.837. The van der Waals surface area contributed by atoms with Crippen molar-refractivity contribution < 1.29 is 9.84 Å². The minimum Gasteiger partial charge on any atom is -0.491 e. The third-order valence-corrected chi connectivity index (χ3v) is 4.69. The third kappa shape index (κ3) is 5.48. The van der Waals surface area contributed by atoms with E-state index in [0.717, 1.165) is 38.5 Å². The Hall–Kier alpha value is -1.10. The SMILES string of the molecule is CCN1CCN(C[C@@H](O)COc2ccc(C(C)C)c(C)c2)CC1. The summed E-state index contributed by atoms with van der Waals surface area (Å²) in [5.41, 5.74) is 2.61. The zero-order valence-electron chi connectivity index (χ0n) is 15.1. The molecule has 0 radical (unpaired) electrons.